The Morgan fingerprint density at radius 3 is 1.93 bits per heavy atom. The van der Waals surface area contributed by atoms with Gasteiger partial charge in [0.05, 0.1) is 22.5 Å². The molecule has 6 aliphatic rings. The van der Waals surface area contributed by atoms with Gasteiger partial charge in [-0.1, -0.05) is 109 Å². The lowest BCUT2D eigenvalue weighted by Crippen LogP contribution is -2.48. The van der Waals surface area contributed by atoms with Gasteiger partial charge >= 0.3 is 0 Å². The van der Waals surface area contributed by atoms with E-state index in [0.717, 1.165) is 125 Å². The van der Waals surface area contributed by atoms with Crippen molar-refractivity contribution in [2.75, 3.05) is 36.4 Å². The number of anilines is 2. The van der Waals surface area contributed by atoms with Gasteiger partial charge in [-0.2, -0.15) is 0 Å². The smallest absolute Gasteiger partial charge is 0.249 e. The van der Waals surface area contributed by atoms with E-state index < -0.39 is 0 Å². The van der Waals surface area contributed by atoms with Crippen LogP contribution in [0.25, 0.3) is 5.57 Å². The minimum atomic E-state index is -0.320. The van der Waals surface area contributed by atoms with Crippen LogP contribution < -0.4 is 10.2 Å². The average molecular weight is 819 g/mol. The zero-order chi connectivity index (χ0) is 43.7. The van der Waals surface area contributed by atoms with Crippen molar-refractivity contribution in [1.29, 1.82) is 0 Å². The molecule has 0 radical (unpaired) electrons. The van der Waals surface area contributed by atoms with Crippen molar-refractivity contribution < 1.29 is 19.5 Å². The molecule has 0 saturated carbocycles. The molecule has 2 unspecified atom stereocenters. The van der Waals surface area contributed by atoms with Crippen LogP contribution in [0.5, 0.6) is 0 Å². The first-order valence-corrected chi connectivity index (χ1v) is 23.6. The first-order chi connectivity index (χ1) is 28.2. The standard InChI is InChI=1S/C52H74N4O4/c1-13-17-19-31(15-3)47(59)53-41-33(29-35-43-39(41)51(9,10)23-27-55(43)25-21-49(35,5)6)37-45(57)38(46(37)58)34-30-36-44-40(42(34)54-48(60)32(16-4)20-18-14-2)52(11,12)24-28-56(44)26-22-50(36,7)8/h29-32,57H,13-28H2,1-12H3,(H,53,59). The van der Waals surface area contributed by atoms with Gasteiger partial charge in [0.1, 0.15) is 5.76 Å². The van der Waals surface area contributed by atoms with Gasteiger partial charge in [0, 0.05) is 71.7 Å². The summed E-state index contributed by atoms with van der Waals surface area (Å²) >= 11 is 0. The number of unbranched alkanes of at least 4 members (excludes halogenated alkanes) is 2. The van der Waals surface area contributed by atoms with Crippen LogP contribution in [0, 0.1) is 22.7 Å². The second kappa shape index (κ2) is 16.1. The number of aliphatic hydroxyl groups is 1. The molecule has 2 amide bonds. The highest BCUT2D eigenvalue weighted by Gasteiger charge is 2.51. The molecular formula is C52H74N4O4. The molecule has 2 aliphatic carbocycles. The van der Waals surface area contributed by atoms with Crippen molar-refractivity contribution >= 4 is 40.3 Å². The number of carbonyl (C=O) groups is 3. The van der Waals surface area contributed by atoms with Crippen molar-refractivity contribution in [3.8, 4) is 0 Å². The lowest BCUT2D eigenvalue weighted by Gasteiger charge is -2.52. The fourth-order valence-electron chi connectivity index (χ4n) is 11.1. The molecular weight excluding hydrogens is 745 g/mol. The normalized spacial score (nSPS) is 25.0. The number of carbonyl (C=O) groups excluding carboxylic acids is 3. The summed E-state index contributed by atoms with van der Waals surface area (Å²) < 4.78 is 0. The lowest BCUT2D eigenvalue weighted by molar-refractivity contribution is -0.122. The molecule has 7 rings (SSSR count). The Hall–Kier alpha value is -3.94. The Morgan fingerprint density at radius 1 is 0.767 bits per heavy atom. The highest BCUT2D eigenvalue weighted by molar-refractivity contribution is 6.43. The van der Waals surface area contributed by atoms with Crippen molar-refractivity contribution in [3.05, 3.63) is 62.6 Å². The molecule has 0 bridgehead atoms. The number of aliphatic imine (C=N–C) groups is 1. The van der Waals surface area contributed by atoms with Crippen LogP contribution in [-0.4, -0.2) is 59.5 Å². The third kappa shape index (κ3) is 7.33. The number of allylic oxidation sites excluding steroid dienone is 6. The van der Waals surface area contributed by atoms with Crippen LogP contribution in [0.15, 0.2) is 50.9 Å². The van der Waals surface area contributed by atoms with Gasteiger partial charge < -0.3 is 20.2 Å². The van der Waals surface area contributed by atoms with Crippen LogP contribution in [-0.2, 0) is 25.2 Å². The van der Waals surface area contributed by atoms with Gasteiger partial charge in [-0.15, -0.1) is 0 Å². The highest BCUT2D eigenvalue weighted by atomic mass is 16.3. The van der Waals surface area contributed by atoms with Gasteiger partial charge in [0.25, 0.3) is 0 Å². The van der Waals surface area contributed by atoms with E-state index in [-0.39, 0.29) is 68.0 Å². The number of nitrogens with zero attached hydrogens (tertiary/aromatic N) is 3. The summed E-state index contributed by atoms with van der Waals surface area (Å²) in [5.41, 5.74) is 8.55. The minimum Gasteiger partial charge on any atom is -0.506 e. The topological polar surface area (TPSA) is 102 Å². The Bertz CT molecular complexity index is 2140. The molecule has 8 nitrogen and oxygen atoms in total. The van der Waals surface area contributed by atoms with Crippen LogP contribution in [0.2, 0.25) is 0 Å². The summed E-state index contributed by atoms with van der Waals surface area (Å²) in [5.74, 6) is -0.890. The molecule has 2 N–H and O–H groups in total. The first-order valence-electron chi connectivity index (χ1n) is 23.6. The maximum Gasteiger partial charge on any atom is 0.249 e. The molecule has 326 valence electrons. The molecule has 1 aromatic rings. The number of rotatable bonds is 12. The molecule has 4 aliphatic heterocycles. The number of aliphatic hydroxyl groups excluding tert-OH is 1. The average Bonchev–Trinajstić information content (AvgIpc) is 3.18. The van der Waals surface area contributed by atoms with E-state index in [1.807, 2.05) is 0 Å². The van der Waals surface area contributed by atoms with Crippen molar-refractivity contribution in [2.24, 2.45) is 27.7 Å². The Morgan fingerprint density at radius 2 is 1.33 bits per heavy atom. The fraction of sp³-hybridized carbons (Fsp3) is 0.654. The summed E-state index contributed by atoms with van der Waals surface area (Å²) in [6.07, 6.45) is 12.7. The van der Waals surface area contributed by atoms with Crippen molar-refractivity contribution in [3.63, 3.8) is 0 Å². The monoisotopic (exact) mass is 819 g/mol. The van der Waals surface area contributed by atoms with Crippen LogP contribution in [0.1, 0.15) is 177 Å². The number of nitrogens with one attached hydrogen (secondary N) is 1. The zero-order valence-electron chi connectivity index (χ0n) is 39.1. The van der Waals surface area contributed by atoms with E-state index in [1.54, 1.807) is 0 Å². The van der Waals surface area contributed by atoms with Gasteiger partial charge in [-0.3, -0.25) is 14.4 Å². The molecule has 1 fully saturated rings. The summed E-state index contributed by atoms with van der Waals surface area (Å²) in [5, 5.41) is 16.1. The predicted molar refractivity (Wildman–Crippen MR) is 247 cm³/mol. The van der Waals surface area contributed by atoms with Crippen LogP contribution in [0.3, 0.4) is 0 Å². The largest absolute Gasteiger partial charge is 0.506 e. The molecule has 0 spiro atoms. The number of hydrogen-bond donors (Lipinski definition) is 2. The van der Waals surface area contributed by atoms with Gasteiger partial charge in [0.15, 0.2) is 0 Å². The molecule has 2 atom stereocenters. The van der Waals surface area contributed by atoms with Crippen molar-refractivity contribution in [2.45, 2.75) is 171 Å². The van der Waals surface area contributed by atoms with Crippen LogP contribution in [0.4, 0.5) is 11.4 Å². The van der Waals surface area contributed by atoms with E-state index in [2.05, 4.69) is 110 Å². The molecule has 60 heavy (non-hydrogen) atoms. The fourth-order valence-corrected chi connectivity index (χ4v) is 11.1. The third-order valence-electron chi connectivity index (χ3n) is 15.5. The Labute approximate surface area is 361 Å². The SMILES string of the molecule is CCCCC(CC)C(=O)N=C1C(=C2C(=O)C(c3cc4c5c(c3NC(=O)C(CC)CCCC)C(C)(C)CCN5CCC4(C)C)=C2O)C=C2C3=C1C(C)(C)CCN3CCC2(C)C. The van der Waals surface area contributed by atoms with E-state index in [0.29, 0.717) is 29.0 Å². The summed E-state index contributed by atoms with van der Waals surface area (Å²) in [6, 6.07) is 2.12. The third-order valence-corrected chi connectivity index (χ3v) is 15.5. The molecule has 4 heterocycles. The minimum absolute atomic E-state index is 0.0292. The predicted octanol–water partition coefficient (Wildman–Crippen LogP) is 11.7. The number of Topliss-reactive ketones (excluding diaryl/α,β-unsaturated/α-hetero) is 1. The van der Waals surface area contributed by atoms with Gasteiger partial charge in [-0.05, 0) is 96.3 Å². The summed E-state index contributed by atoms with van der Waals surface area (Å²) in [7, 11) is 0. The van der Waals surface area contributed by atoms with E-state index >= 15 is 4.79 Å². The van der Waals surface area contributed by atoms with Crippen molar-refractivity contribution in [1.82, 2.24) is 4.90 Å². The molecule has 1 aromatic carbocycles. The summed E-state index contributed by atoms with van der Waals surface area (Å²) in [4.78, 5) is 54.0. The maximum atomic E-state index is 15.3. The Balaban J connectivity index is 1.50. The second-order valence-electron chi connectivity index (χ2n) is 21.5. The molecule has 1 saturated heterocycles. The number of ketones is 1. The molecule has 8 heteroatoms. The number of amides is 2. The highest BCUT2D eigenvalue weighted by Crippen LogP contribution is 2.57. The quantitative estimate of drug-likeness (QED) is 0.204. The van der Waals surface area contributed by atoms with Gasteiger partial charge in [-0.25, -0.2) is 4.99 Å². The zero-order valence-corrected chi connectivity index (χ0v) is 39.1. The number of hydrogen-bond acceptors (Lipinski definition) is 6. The Kier molecular flexibility index (Phi) is 11.8. The maximum absolute atomic E-state index is 15.3. The van der Waals surface area contributed by atoms with E-state index in [1.165, 1.54) is 5.69 Å². The number of benzene rings is 1. The van der Waals surface area contributed by atoms with E-state index in [9.17, 15) is 14.7 Å². The molecule has 0 aromatic heterocycles. The van der Waals surface area contributed by atoms with Gasteiger partial charge in [0.2, 0.25) is 17.6 Å². The van der Waals surface area contributed by atoms with Crippen LogP contribution >= 0.6 is 0 Å². The second-order valence-corrected chi connectivity index (χ2v) is 21.5. The lowest BCUT2D eigenvalue weighted by atomic mass is 9.62. The summed E-state index contributed by atoms with van der Waals surface area (Å²) in [6.45, 7) is 30.2. The van der Waals surface area contributed by atoms with E-state index in [4.69, 9.17) is 4.99 Å². The first kappa shape index (κ1) is 44.1. The number of piperidine rings is 1.